The number of furan rings is 1. The van der Waals surface area contributed by atoms with Crippen molar-refractivity contribution < 1.29 is 14.0 Å². The maximum absolute atomic E-state index is 13.2. The third-order valence-electron chi connectivity index (χ3n) is 4.93. The number of carbonyl (C=O) groups excluding carboxylic acids is 2. The van der Waals surface area contributed by atoms with Crippen molar-refractivity contribution in [3.63, 3.8) is 0 Å². The molecule has 1 aliphatic heterocycles. The van der Waals surface area contributed by atoms with Crippen LogP contribution in [0.5, 0.6) is 0 Å². The van der Waals surface area contributed by atoms with Crippen molar-refractivity contribution in [1.29, 1.82) is 0 Å². The summed E-state index contributed by atoms with van der Waals surface area (Å²) in [4.78, 5) is 28.0. The van der Waals surface area contributed by atoms with Crippen molar-refractivity contribution in [2.45, 2.75) is 11.7 Å². The largest absolute Gasteiger partial charge is 0.468 e. The lowest BCUT2D eigenvalue weighted by Crippen LogP contribution is -2.34. The maximum Gasteiger partial charge on any atom is 0.254 e. The highest BCUT2D eigenvalue weighted by atomic mass is 32.2. The van der Waals surface area contributed by atoms with E-state index in [9.17, 15) is 9.59 Å². The van der Waals surface area contributed by atoms with Gasteiger partial charge in [-0.25, -0.2) is 0 Å². The van der Waals surface area contributed by atoms with Gasteiger partial charge in [0.25, 0.3) is 5.91 Å². The summed E-state index contributed by atoms with van der Waals surface area (Å²) >= 11 is 1.81. The van der Waals surface area contributed by atoms with Gasteiger partial charge in [-0.05, 0) is 24.6 Å². The monoisotopic (exact) mass is 391 g/mol. The molecule has 0 aliphatic carbocycles. The van der Waals surface area contributed by atoms with Crippen LogP contribution < -0.4 is 0 Å². The van der Waals surface area contributed by atoms with E-state index >= 15 is 0 Å². The Hall–Kier alpha value is -2.79. The zero-order chi connectivity index (χ0) is 19.3. The topological polar surface area (TPSA) is 50.5 Å². The maximum atomic E-state index is 13.2. The first-order chi connectivity index (χ1) is 13.7. The van der Waals surface area contributed by atoms with Crippen molar-refractivity contribution in [1.82, 2.24) is 4.90 Å². The van der Waals surface area contributed by atoms with Crippen LogP contribution in [0.1, 0.15) is 43.7 Å². The average Bonchev–Trinajstić information content (AvgIpc) is 3.18. The summed E-state index contributed by atoms with van der Waals surface area (Å²) in [5, 5.41) is 0.258. The normalized spacial score (nSPS) is 17.1. The fourth-order valence-electron chi connectivity index (χ4n) is 3.46. The molecule has 1 saturated heterocycles. The predicted octanol–water partition coefficient (Wildman–Crippen LogP) is 4.83. The number of nitrogens with zero attached hydrogens (tertiary/aromatic N) is 1. The molecule has 1 fully saturated rings. The van der Waals surface area contributed by atoms with E-state index in [2.05, 4.69) is 0 Å². The van der Waals surface area contributed by atoms with Gasteiger partial charge in [0, 0.05) is 30.0 Å². The smallest absolute Gasteiger partial charge is 0.254 e. The predicted molar refractivity (Wildman–Crippen MR) is 111 cm³/mol. The van der Waals surface area contributed by atoms with Crippen molar-refractivity contribution in [2.75, 3.05) is 18.8 Å². The number of amides is 1. The summed E-state index contributed by atoms with van der Waals surface area (Å²) in [6, 6.07) is 20.1. The summed E-state index contributed by atoms with van der Waals surface area (Å²) in [5.74, 6) is 1.59. The molecule has 0 N–H and O–H groups in total. The van der Waals surface area contributed by atoms with Gasteiger partial charge >= 0.3 is 0 Å². The van der Waals surface area contributed by atoms with Crippen LogP contribution in [0.15, 0.2) is 77.4 Å². The van der Waals surface area contributed by atoms with E-state index in [1.807, 2.05) is 53.1 Å². The summed E-state index contributed by atoms with van der Waals surface area (Å²) in [5.41, 5.74) is 1.52. The van der Waals surface area contributed by atoms with Crippen molar-refractivity contribution in [3.05, 3.63) is 95.4 Å². The van der Waals surface area contributed by atoms with Gasteiger partial charge < -0.3 is 9.32 Å². The highest BCUT2D eigenvalue weighted by Gasteiger charge is 2.26. The van der Waals surface area contributed by atoms with Gasteiger partial charge in [-0.3, -0.25) is 9.59 Å². The number of rotatable bonds is 4. The van der Waals surface area contributed by atoms with E-state index in [1.54, 1.807) is 36.6 Å². The van der Waals surface area contributed by atoms with Crippen LogP contribution in [0.3, 0.4) is 0 Å². The summed E-state index contributed by atoms with van der Waals surface area (Å²) in [7, 11) is 0. The van der Waals surface area contributed by atoms with E-state index in [0.29, 0.717) is 29.8 Å². The quantitative estimate of drug-likeness (QED) is 0.598. The molecule has 1 atom stereocenters. The van der Waals surface area contributed by atoms with E-state index in [1.165, 1.54) is 0 Å². The molecule has 2 heterocycles. The highest BCUT2D eigenvalue weighted by molar-refractivity contribution is 7.99. The van der Waals surface area contributed by atoms with Crippen molar-refractivity contribution >= 4 is 23.5 Å². The molecular weight excluding hydrogens is 370 g/mol. The summed E-state index contributed by atoms with van der Waals surface area (Å²) < 4.78 is 5.54. The van der Waals surface area contributed by atoms with E-state index in [-0.39, 0.29) is 16.9 Å². The first kappa shape index (κ1) is 18.6. The van der Waals surface area contributed by atoms with Gasteiger partial charge in [-0.2, -0.15) is 0 Å². The minimum absolute atomic E-state index is 0.0828. The zero-order valence-electron chi connectivity index (χ0n) is 15.4. The fourth-order valence-corrected chi connectivity index (χ4v) is 4.64. The Balaban J connectivity index is 1.55. The van der Waals surface area contributed by atoms with Crippen LogP contribution in [0.2, 0.25) is 0 Å². The van der Waals surface area contributed by atoms with Gasteiger partial charge in [0.2, 0.25) is 0 Å². The van der Waals surface area contributed by atoms with Crippen LogP contribution >= 0.6 is 11.8 Å². The molecule has 2 aromatic carbocycles. The second kappa shape index (κ2) is 8.48. The number of benzene rings is 2. The highest BCUT2D eigenvalue weighted by Crippen LogP contribution is 2.35. The molecular formula is C23H21NO3S. The first-order valence-corrected chi connectivity index (χ1v) is 10.4. The molecule has 142 valence electrons. The SMILES string of the molecule is O=C(c1ccccc1)c1ccccc1C(=O)N1CCS[C@H](c2ccco2)CC1. The standard InChI is InChI=1S/C23H21NO3S/c25-22(17-7-2-1-3-8-17)18-9-4-5-10-19(18)23(26)24-13-12-21(28-16-14-24)20-11-6-15-27-20/h1-11,15,21H,12-14,16H2/t21-/m0/s1. The van der Waals surface area contributed by atoms with Gasteiger partial charge in [0.05, 0.1) is 17.1 Å². The Labute approximate surface area is 168 Å². The number of hydrogen-bond acceptors (Lipinski definition) is 4. The third kappa shape index (κ3) is 3.90. The summed E-state index contributed by atoms with van der Waals surface area (Å²) in [6.07, 6.45) is 2.52. The van der Waals surface area contributed by atoms with Crippen LogP contribution in [-0.2, 0) is 0 Å². The second-order valence-corrected chi connectivity index (χ2v) is 8.01. The second-order valence-electron chi connectivity index (χ2n) is 6.70. The molecule has 28 heavy (non-hydrogen) atoms. The lowest BCUT2D eigenvalue weighted by atomic mass is 9.97. The van der Waals surface area contributed by atoms with Crippen molar-refractivity contribution in [3.8, 4) is 0 Å². The molecule has 1 aliphatic rings. The fraction of sp³-hybridized carbons (Fsp3) is 0.217. The van der Waals surface area contributed by atoms with Gasteiger partial charge in [-0.1, -0.05) is 48.5 Å². The minimum atomic E-state index is -0.123. The Bertz CT molecular complexity index is 953. The van der Waals surface area contributed by atoms with E-state index < -0.39 is 0 Å². The third-order valence-corrected chi connectivity index (χ3v) is 6.22. The molecule has 0 saturated carbocycles. The molecule has 5 heteroatoms. The Kier molecular flexibility index (Phi) is 5.63. The molecule has 0 bridgehead atoms. The van der Waals surface area contributed by atoms with Gasteiger partial charge in [-0.15, -0.1) is 11.8 Å². The van der Waals surface area contributed by atoms with Crippen LogP contribution in [0.25, 0.3) is 0 Å². The zero-order valence-corrected chi connectivity index (χ0v) is 16.2. The van der Waals surface area contributed by atoms with Crippen LogP contribution in [0.4, 0.5) is 0 Å². The number of thioether (sulfide) groups is 1. The van der Waals surface area contributed by atoms with E-state index in [4.69, 9.17) is 4.42 Å². The average molecular weight is 391 g/mol. The van der Waals surface area contributed by atoms with Crippen molar-refractivity contribution in [2.24, 2.45) is 0 Å². The molecule has 4 nitrogen and oxygen atoms in total. The van der Waals surface area contributed by atoms with Gasteiger partial charge in [0.1, 0.15) is 5.76 Å². The molecule has 3 aromatic rings. The molecule has 0 unspecified atom stereocenters. The lowest BCUT2D eigenvalue weighted by Gasteiger charge is -2.21. The first-order valence-electron chi connectivity index (χ1n) is 9.37. The molecule has 1 aromatic heterocycles. The molecule has 0 radical (unpaired) electrons. The molecule has 1 amide bonds. The minimum Gasteiger partial charge on any atom is -0.468 e. The number of hydrogen-bond donors (Lipinski definition) is 0. The number of carbonyl (C=O) groups is 2. The lowest BCUT2D eigenvalue weighted by molar-refractivity contribution is 0.0761. The number of ketones is 1. The molecule has 4 rings (SSSR count). The van der Waals surface area contributed by atoms with E-state index in [0.717, 1.165) is 17.9 Å². The molecule has 0 spiro atoms. The Morgan fingerprint density at radius 3 is 2.39 bits per heavy atom. The van der Waals surface area contributed by atoms with Gasteiger partial charge in [0.15, 0.2) is 5.78 Å². The summed E-state index contributed by atoms with van der Waals surface area (Å²) in [6.45, 7) is 1.31. The van der Waals surface area contributed by atoms with Crippen LogP contribution in [-0.4, -0.2) is 35.4 Å². The van der Waals surface area contributed by atoms with Crippen LogP contribution in [0, 0.1) is 0 Å². The Morgan fingerprint density at radius 1 is 0.893 bits per heavy atom. The Morgan fingerprint density at radius 2 is 1.64 bits per heavy atom.